The standard InChI is InChI=1S/C25H21N3O5/c1-14-6-4-5-7-21(14)28-23(30)20(22(29)26-25(28)33)13-18-12-15(2)27(16(18)3)19-10-8-17(9-11-19)24(31)32/h4-13H,1-3H3,(H,31,32)(H,26,29,33)/b20-13+. The number of carbonyl (C=O) groups excluding carboxylic acids is 3. The molecule has 0 radical (unpaired) electrons. The summed E-state index contributed by atoms with van der Waals surface area (Å²) in [7, 11) is 0. The average Bonchev–Trinajstić information content (AvgIpc) is 3.05. The fraction of sp³-hybridized carbons (Fsp3) is 0.120. The highest BCUT2D eigenvalue weighted by molar-refractivity contribution is 6.39. The zero-order valence-electron chi connectivity index (χ0n) is 18.2. The first-order valence-electron chi connectivity index (χ1n) is 10.2. The van der Waals surface area contributed by atoms with E-state index in [1.54, 1.807) is 43.3 Å². The maximum Gasteiger partial charge on any atom is 0.335 e. The molecular formula is C25H21N3O5. The molecule has 8 heteroatoms. The van der Waals surface area contributed by atoms with E-state index in [1.807, 2.05) is 24.5 Å². The van der Waals surface area contributed by atoms with Gasteiger partial charge in [0.1, 0.15) is 5.57 Å². The highest BCUT2D eigenvalue weighted by Gasteiger charge is 2.37. The third-order valence-electron chi connectivity index (χ3n) is 5.60. The number of nitrogens with one attached hydrogen (secondary N) is 1. The highest BCUT2D eigenvalue weighted by Crippen LogP contribution is 2.27. The van der Waals surface area contributed by atoms with E-state index in [4.69, 9.17) is 5.11 Å². The van der Waals surface area contributed by atoms with Gasteiger partial charge in [-0.3, -0.25) is 14.9 Å². The molecule has 4 rings (SSSR count). The van der Waals surface area contributed by atoms with E-state index < -0.39 is 23.8 Å². The SMILES string of the molecule is Cc1ccccc1N1C(=O)NC(=O)/C(=C\c2cc(C)n(-c3ccc(C(=O)O)cc3)c2C)C1=O. The summed E-state index contributed by atoms with van der Waals surface area (Å²) >= 11 is 0. The van der Waals surface area contributed by atoms with Gasteiger partial charge in [0.05, 0.1) is 11.3 Å². The molecule has 0 atom stereocenters. The van der Waals surface area contributed by atoms with Gasteiger partial charge in [0, 0.05) is 17.1 Å². The number of para-hydroxylation sites is 1. The average molecular weight is 443 g/mol. The summed E-state index contributed by atoms with van der Waals surface area (Å²) in [6.07, 6.45) is 1.47. The Hall–Kier alpha value is -4.46. The number of nitrogens with zero attached hydrogens (tertiary/aromatic N) is 2. The van der Waals surface area contributed by atoms with Crippen molar-refractivity contribution >= 4 is 35.6 Å². The van der Waals surface area contributed by atoms with Crippen molar-refractivity contribution in [3.63, 3.8) is 0 Å². The Morgan fingerprint density at radius 1 is 0.970 bits per heavy atom. The van der Waals surface area contributed by atoms with Crippen LogP contribution in [0.3, 0.4) is 0 Å². The number of carboxylic acids is 1. The Bertz CT molecular complexity index is 1350. The molecule has 4 amide bonds. The van der Waals surface area contributed by atoms with Gasteiger partial charge < -0.3 is 9.67 Å². The summed E-state index contributed by atoms with van der Waals surface area (Å²) in [5.74, 6) is -2.47. The molecule has 2 N–H and O–H groups in total. The molecule has 2 heterocycles. The minimum atomic E-state index is -1.01. The van der Waals surface area contributed by atoms with Gasteiger partial charge in [0.2, 0.25) is 0 Å². The van der Waals surface area contributed by atoms with Crippen molar-refractivity contribution in [1.29, 1.82) is 0 Å². The third-order valence-corrected chi connectivity index (χ3v) is 5.60. The van der Waals surface area contributed by atoms with E-state index >= 15 is 0 Å². The van der Waals surface area contributed by atoms with E-state index in [1.165, 1.54) is 18.2 Å². The largest absolute Gasteiger partial charge is 0.478 e. The molecule has 33 heavy (non-hydrogen) atoms. The fourth-order valence-corrected chi connectivity index (χ4v) is 3.93. The number of urea groups is 1. The van der Waals surface area contributed by atoms with Gasteiger partial charge in [-0.15, -0.1) is 0 Å². The number of aromatic nitrogens is 1. The summed E-state index contributed by atoms with van der Waals surface area (Å²) in [5, 5.41) is 11.4. The predicted octanol–water partition coefficient (Wildman–Crippen LogP) is 3.77. The van der Waals surface area contributed by atoms with Crippen molar-refractivity contribution < 1.29 is 24.3 Å². The molecule has 1 aromatic heterocycles. The van der Waals surface area contributed by atoms with E-state index in [2.05, 4.69) is 5.32 Å². The Morgan fingerprint density at radius 3 is 2.27 bits per heavy atom. The van der Waals surface area contributed by atoms with Crippen LogP contribution in [-0.2, 0) is 9.59 Å². The van der Waals surface area contributed by atoms with Crippen molar-refractivity contribution in [2.75, 3.05) is 4.90 Å². The lowest BCUT2D eigenvalue weighted by Gasteiger charge is -2.27. The molecule has 1 fully saturated rings. The zero-order chi connectivity index (χ0) is 23.9. The highest BCUT2D eigenvalue weighted by atomic mass is 16.4. The van der Waals surface area contributed by atoms with Crippen LogP contribution in [0, 0.1) is 20.8 Å². The van der Waals surface area contributed by atoms with Gasteiger partial charge in [0.25, 0.3) is 11.8 Å². The molecule has 3 aromatic rings. The monoisotopic (exact) mass is 443 g/mol. The van der Waals surface area contributed by atoms with E-state index in [0.717, 1.165) is 27.5 Å². The number of anilines is 1. The molecule has 1 aliphatic rings. The van der Waals surface area contributed by atoms with Crippen LogP contribution in [0.5, 0.6) is 0 Å². The summed E-state index contributed by atoms with van der Waals surface area (Å²) < 4.78 is 1.90. The Labute approximate surface area is 189 Å². The maximum absolute atomic E-state index is 13.2. The number of hydrogen-bond acceptors (Lipinski definition) is 4. The van der Waals surface area contributed by atoms with E-state index in [9.17, 15) is 19.2 Å². The van der Waals surface area contributed by atoms with Crippen molar-refractivity contribution in [3.8, 4) is 5.69 Å². The molecular weight excluding hydrogens is 422 g/mol. The number of carbonyl (C=O) groups is 4. The van der Waals surface area contributed by atoms with E-state index in [-0.39, 0.29) is 11.1 Å². The minimum absolute atomic E-state index is 0.153. The normalized spacial score (nSPS) is 15.2. The first kappa shape index (κ1) is 21.8. The third kappa shape index (κ3) is 3.82. The number of rotatable bonds is 4. The lowest BCUT2D eigenvalue weighted by molar-refractivity contribution is -0.122. The minimum Gasteiger partial charge on any atom is -0.478 e. The Morgan fingerprint density at radius 2 is 1.64 bits per heavy atom. The van der Waals surface area contributed by atoms with Crippen LogP contribution in [0.4, 0.5) is 10.5 Å². The Balaban J connectivity index is 1.75. The first-order valence-corrected chi connectivity index (χ1v) is 10.2. The van der Waals surface area contributed by atoms with Gasteiger partial charge in [-0.1, -0.05) is 18.2 Å². The fourth-order valence-electron chi connectivity index (χ4n) is 3.93. The molecule has 8 nitrogen and oxygen atoms in total. The van der Waals surface area contributed by atoms with Crippen LogP contribution < -0.4 is 10.2 Å². The second-order valence-corrected chi connectivity index (χ2v) is 7.76. The van der Waals surface area contributed by atoms with Crippen LogP contribution in [0.2, 0.25) is 0 Å². The number of aryl methyl sites for hydroxylation is 2. The molecule has 166 valence electrons. The van der Waals surface area contributed by atoms with Crippen LogP contribution in [-0.4, -0.2) is 33.5 Å². The van der Waals surface area contributed by atoms with Crippen LogP contribution in [0.1, 0.15) is 32.9 Å². The van der Waals surface area contributed by atoms with Crippen LogP contribution in [0.15, 0.2) is 60.2 Å². The number of carboxylic acid groups (broad SMARTS) is 1. The second-order valence-electron chi connectivity index (χ2n) is 7.76. The molecule has 0 saturated carbocycles. The summed E-state index contributed by atoms with van der Waals surface area (Å²) in [5.41, 5.74) is 4.11. The Kier molecular flexibility index (Phi) is 5.43. The first-order chi connectivity index (χ1) is 15.7. The summed E-state index contributed by atoms with van der Waals surface area (Å²) in [4.78, 5) is 50.3. The lowest BCUT2D eigenvalue weighted by Crippen LogP contribution is -2.54. The molecule has 1 aliphatic heterocycles. The quantitative estimate of drug-likeness (QED) is 0.471. The van der Waals surface area contributed by atoms with Crippen molar-refractivity contribution in [2.24, 2.45) is 0 Å². The lowest BCUT2D eigenvalue weighted by atomic mass is 10.1. The molecule has 0 unspecified atom stereocenters. The van der Waals surface area contributed by atoms with E-state index in [0.29, 0.717) is 11.3 Å². The van der Waals surface area contributed by atoms with Crippen LogP contribution in [0.25, 0.3) is 11.8 Å². The number of imide groups is 2. The van der Waals surface area contributed by atoms with Crippen LogP contribution >= 0.6 is 0 Å². The molecule has 1 saturated heterocycles. The van der Waals surface area contributed by atoms with Crippen molar-refractivity contribution in [3.05, 3.63) is 88.2 Å². The van der Waals surface area contributed by atoms with Crippen molar-refractivity contribution in [2.45, 2.75) is 20.8 Å². The van der Waals surface area contributed by atoms with Gasteiger partial charge in [-0.05, 0) is 74.4 Å². The molecule has 2 aromatic carbocycles. The molecule has 0 bridgehead atoms. The number of hydrogen-bond donors (Lipinski definition) is 2. The number of aromatic carboxylic acids is 1. The topological polar surface area (TPSA) is 109 Å². The maximum atomic E-state index is 13.2. The van der Waals surface area contributed by atoms with Gasteiger partial charge in [-0.2, -0.15) is 0 Å². The predicted molar refractivity (Wildman–Crippen MR) is 122 cm³/mol. The number of barbiturate groups is 1. The number of benzene rings is 2. The van der Waals surface area contributed by atoms with Crippen molar-refractivity contribution in [1.82, 2.24) is 9.88 Å². The summed E-state index contributed by atoms with van der Waals surface area (Å²) in [6, 6.07) is 14.4. The molecule has 0 spiro atoms. The van der Waals surface area contributed by atoms with Gasteiger partial charge in [-0.25, -0.2) is 14.5 Å². The number of amides is 4. The second kappa shape index (κ2) is 8.23. The zero-order valence-corrected chi connectivity index (χ0v) is 18.2. The smallest absolute Gasteiger partial charge is 0.335 e. The van der Waals surface area contributed by atoms with Gasteiger partial charge in [0.15, 0.2) is 0 Å². The molecule has 0 aliphatic carbocycles. The van der Waals surface area contributed by atoms with Gasteiger partial charge >= 0.3 is 12.0 Å². The summed E-state index contributed by atoms with van der Waals surface area (Å²) in [6.45, 7) is 5.48.